The number of esters is 1. The first-order chi connectivity index (χ1) is 13.0. The van der Waals surface area contributed by atoms with Gasteiger partial charge in [0, 0.05) is 11.1 Å². The number of carbonyl (C=O) groups is 1. The van der Waals surface area contributed by atoms with E-state index in [-0.39, 0.29) is 16.1 Å². The minimum absolute atomic E-state index is 0.0789. The number of ether oxygens (including phenoxy) is 1. The van der Waals surface area contributed by atoms with Gasteiger partial charge in [0.2, 0.25) is 0 Å². The van der Waals surface area contributed by atoms with E-state index in [1.165, 1.54) is 24.3 Å². The third-order valence-electron chi connectivity index (χ3n) is 3.84. The minimum atomic E-state index is -3.92. The molecule has 0 atom stereocenters. The van der Waals surface area contributed by atoms with E-state index in [9.17, 15) is 17.6 Å². The summed E-state index contributed by atoms with van der Waals surface area (Å²) < 4.78 is 51.5. The van der Waals surface area contributed by atoms with Gasteiger partial charge in [-0.1, -0.05) is 0 Å². The van der Waals surface area contributed by atoms with Gasteiger partial charge in [0.25, 0.3) is 10.0 Å². The molecule has 0 radical (unpaired) electrons. The molecule has 28 heavy (non-hydrogen) atoms. The quantitative estimate of drug-likeness (QED) is 0.639. The summed E-state index contributed by atoms with van der Waals surface area (Å²) in [7, 11) is -3.92. The molecule has 0 aliphatic carbocycles. The van der Waals surface area contributed by atoms with E-state index in [0.717, 1.165) is 12.1 Å². The lowest BCUT2D eigenvalue weighted by Gasteiger charge is -2.19. The fourth-order valence-electron chi connectivity index (χ4n) is 2.69. The lowest BCUT2D eigenvalue weighted by atomic mass is 10.1. The zero-order valence-corrected chi connectivity index (χ0v) is 16.7. The average Bonchev–Trinajstić information content (AvgIpc) is 2.88. The number of fused-ring (bicyclic) bond motifs is 1. The molecule has 6 nitrogen and oxygen atoms in total. The van der Waals surface area contributed by atoms with Crippen LogP contribution >= 0.6 is 0 Å². The molecule has 8 heteroatoms. The summed E-state index contributed by atoms with van der Waals surface area (Å²) in [6.07, 6.45) is 0. The number of anilines is 1. The second kappa shape index (κ2) is 6.94. The predicted molar refractivity (Wildman–Crippen MR) is 103 cm³/mol. The number of aryl methyl sites for hydroxylation is 1. The SMILES string of the molecule is Cc1oc2ccc(NS(=O)(=O)c3ccc(F)cc3)cc2c1C(=O)OC(C)(C)C. The topological polar surface area (TPSA) is 85.6 Å². The Morgan fingerprint density at radius 1 is 1.11 bits per heavy atom. The maximum atomic E-state index is 13.0. The normalized spacial score (nSPS) is 12.2. The van der Waals surface area contributed by atoms with Crippen LogP contribution in [0.5, 0.6) is 0 Å². The van der Waals surface area contributed by atoms with Crippen LogP contribution in [0.2, 0.25) is 0 Å². The Hall–Kier alpha value is -2.87. The summed E-state index contributed by atoms with van der Waals surface area (Å²) >= 11 is 0. The number of benzene rings is 2. The molecule has 0 aliphatic heterocycles. The number of halogens is 1. The van der Waals surface area contributed by atoms with E-state index in [2.05, 4.69) is 4.72 Å². The van der Waals surface area contributed by atoms with Gasteiger partial charge in [-0.2, -0.15) is 0 Å². The summed E-state index contributed by atoms with van der Waals surface area (Å²) in [6, 6.07) is 9.07. The molecule has 0 saturated carbocycles. The predicted octanol–water partition coefficient (Wildman–Crippen LogP) is 4.64. The lowest BCUT2D eigenvalue weighted by Crippen LogP contribution is -2.24. The van der Waals surface area contributed by atoms with Gasteiger partial charge >= 0.3 is 5.97 Å². The van der Waals surface area contributed by atoms with Crippen LogP contribution < -0.4 is 4.72 Å². The van der Waals surface area contributed by atoms with Crippen LogP contribution in [-0.2, 0) is 14.8 Å². The van der Waals surface area contributed by atoms with Crippen molar-refractivity contribution in [2.24, 2.45) is 0 Å². The van der Waals surface area contributed by atoms with E-state index in [1.807, 2.05) is 0 Å². The smallest absolute Gasteiger partial charge is 0.342 e. The molecule has 0 amide bonds. The Bertz CT molecular complexity index is 1140. The first kappa shape index (κ1) is 19.9. The van der Waals surface area contributed by atoms with Crippen LogP contribution in [0.15, 0.2) is 51.8 Å². The Kier molecular flexibility index (Phi) is 4.93. The summed E-state index contributed by atoms with van der Waals surface area (Å²) in [6.45, 7) is 6.90. The zero-order chi connectivity index (χ0) is 20.7. The van der Waals surface area contributed by atoms with E-state index >= 15 is 0 Å². The van der Waals surface area contributed by atoms with Crippen LogP contribution in [0, 0.1) is 12.7 Å². The van der Waals surface area contributed by atoms with Crippen molar-refractivity contribution in [2.45, 2.75) is 38.2 Å². The molecule has 0 aliphatic rings. The van der Waals surface area contributed by atoms with Gasteiger partial charge in [0.1, 0.15) is 28.3 Å². The number of nitrogens with one attached hydrogen (secondary N) is 1. The fourth-order valence-corrected chi connectivity index (χ4v) is 3.74. The Balaban J connectivity index is 1.99. The number of carbonyl (C=O) groups excluding carboxylic acids is 1. The molecule has 0 spiro atoms. The maximum Gasteiger partial charge on any atom is 0.342 e. The Morgan fingerprint density at radius 3 is 2.36 bits per heavy atom. The van der Waals surface area contributed by atoms with Gasteiger partial charge in [-0.15, -0.1) is 0 Å². The molecule has 0 saturated heterocycles. The minimum Gasteiger partial charge on any atom is -0.460 e. The average molecular weight is 405 g/mol. The lowest BCUT2D eigenvalue weighted by molar-refractivity contribution is 0.00698. The van der Waals surface area contributed by atoms with E-state index < -0.39 is 27.4 Å². The van der Waals surface area contributed by atoms with Gasteiger partial charge in [-0.05, 0) is 70.2 Å². The highest BCUT2D eigenvalue weighted by Gasteiger charge is 2.25. The molecule has 3 aromatic rings. The Labute approximate surface area is 162 Å². The van der Waals surface area contributed by atoms with E-state index in [4.69, 9.17) is 9.15 Å². The molecule has 0 unspecified atom stereocenters. The molecular weight excluding hydrogens is 385 g/mol. The molecule has 3 rings (SSSR count). The van der Waals surface area contributed by atoms with Crippen molar-refractivity contribution in [1.82, 2.24) is 0 Å². The van der Waals surface area contributed by atoms with Crippen molar-refractivity contribution in [3.05, 3.63) is 59.6 Å². The number of rotatable bonds is 4. The second-order valence-electron chi connectivity index (χ2n) is 7.31. The fraction of sp³-hybridized carbons (Fsp3) is 0.250. The largest absolute Gasteiger partial charge is 0.460 e. The van der Waals surface area contributed by atoms with Crippen LogP contribution in [0.1, 0.15) is 36.9 Å². The third-order valence-corrected chi connectivity index (χ3v) is 5.24. The number of hydrogen-bond donors (Lipinski definition) is 1. The van der Waals surface area contributed by atoms with Gasteiger partial charge < -0.3 is 9.15 Å². The van der Waals surface area contributed by atoms with Crippen molar-refractivity contribution in [3.63, 3.8) is 0 Å². The first-order valence-corrected chi connectivity index (χ1v) is 9.99. The van der Waals surface area contributed by atoms with Crippen molar-refractivity contribution in [3.8, 4) is 0 Å². The highest BCUT2D eigenvalue weighted by atomic mass is 32.2. The van der Waals surface area contributed by atoms with Crippen molar-refractivity contribution in [1.29, 1.82) is 0 Å². The summed E-state index contributed by atoms with van der Waals surface area (Å²) in [5.74, 6) is -0.707. The van der Waals surface area contributed by atoms with Gasteiger partial charge in [0.15, 0.2) is 0 Å². The zero-order valence-electron chi connectivity index (χ0n) is 15.9. The monoisotopic (exact) mass is 405 g/mol. The maximum absolute atomic E-state index is 13.0. The number of hydrogen-bond acceptors (Lipinski definition) is 5. The van der Waals surface area contributed by atoms with Gasteiger partial charge in [-0.3, -0.25) is 4.72 Å². The standard InChI is InChI=1S/C20H20FNO5S/c1-12-18(19(23)27-20(2,3)4)16-11-14(7-10-17(16)26-12)22-28(24,25)15-8-5-13(21)6-9-15/h5-11,22H,1-4H3. The van der Waals surface area contributed by atoms with Crippen LogP contribution in [0.4, 0.5) is 10.1 Å². The van der Waals surface area contributed by atoms with Gasteiger partial charge in [0.05, 0.1) is 4.90 Å². The van der Waals surface area contributed by atoms with Crippen LogP contribution in [0.3, 0.4) is 0 Å². The Morgan fingerprint density at radius 2 is 1.75 bits per heavy atom. The second-order valence-corrected chi connectivity index (χ2v) is 8.99. The van der Waals surface area contributed by atoms with Gasteiger partial charge in [-0.25, -0.2) is 17.6 Å². The molecule has 1 heterocycles. The number of furan rings is 1. The molecular formula is C20H20FNO5S. The molecule has 148 valence electrons. The molecule has 0 bridgehead atoms. The molecule has 1 aromatic heterocycles. The highest BCUT2D eigenvalue weighted by molar-refractivity contribution is 7.92. The van der Waals surface area contributed by atoms with Crippen LogP contribution in [0.25, 0.3) is 11.0 Å². The molecule has 0 fully saturated rings. The van der Waals surface area contributed by atoms with E-state index in [1.54, 1.807) is 33.8 Å². The third kappa shape index (κ3) is 4.17. The number of sulfonamides is 1. The van der Waals surface area contributed by atoms with Crippen LogP contribution in [-0.4, -0.2) is 20.0 Å². The van der Waals surface area contributed by atoms with E-state index in [0.29, 0.717) is 16.7 Å². The summed E-state index contributed by atoms with van der Waals surface area (Å²) in [5, 5.41) is 0.436. The summed E-state index contributed by atoms with van der Waals surface area (Å²) in [5.41, 5.74) is 0.229. The van der Waals surface area contributed by atoms with Crippen molar-refractivity contribution in [2.75, 3.05) is 4.72 Å². The highest BCUT2D eigenvalue weighted by Crippen LogP contribution is 2.30. The summed E-state index contributed by atoms with van der Waals surface area (Å²) in [4.78, 5) is 12.5. The van der Waals surface area contributed by atoms with Crippen molar-refractivity contribution >= 4 is 32.6 Å². The molecule has 2 aromatic carbocycles. The van der Waals surface area contributed by atoms with Crippen molar-refractivity contribution < 1.29 is 26.8 Å². The molecule has 1 N–H and O–H groups in total. The first-order valence-electron chi connectivity index (χ1n) is 8.51.